The Morgan fingerprint density at radius 2 is 1.42 bits per heavy atom. The third-order valence-corrected chi connectivity index (χ3v) is 6.81. The van der Waals surface area contributed by atoms with Gasteiger partial charge in [0.1, 0.15) is 0 Å². The van der Waals surface area contributed by atoms with E-state index in [0.717, 1.165) is 31.6 Å². The van der Waals surface area contributed by atoms with Gasteiger partial charge in [0, 0.05) is 36.3 Å². The molecule has 0 aromatic heterocycles. The molecule has 0 saturated carbocycles. The third kappa shape index (κ3) is 4.47. The Morgan fingerprint density at radius 1 is 0.909 bits per heavy atom. The summed E-state index contributed by atoms with van der Waals surface area (Å²) in [5.41, 5.74) is 7.47. The van der Waals surface area contributed by atoms with E-state index in [0.29, 0.717) is 24.4 Å². The van der Waals surface area contributed by atoms with Crippen molar-refractivity contribution in [2.45, 2.75) is 38.5 Å². The lowest BCUT2D eigenvalue weighted by molar-refractivity contribution is 0.147. The highest BCUT2D eigenvalue weighted by atomic mass is 16.5. The van der Waals surface area contributed by atoms with E-state index < -0.39 is 0 Å². The predicted molar refractivity (Wildman–Crippen MR) is 134 cm³/mol. The first-order valence-corrected chi connectivity index (χ1v) is 12.1. The van der Waals surface area contributed by atoms with Gasteiger partial charge in [0.25, 0.3) is 0 Å². The van der Waals surface area contributed by atoms with Crippen LogP contribution in [0.4, 0.5) is 16.2 Å². The molecule has 2 atom stereocenters. The minimum Gasteiger partial charge on any atom is -0.449 e. The van der Waals surface area contributed by atoms with Crippen molar-refractivity contribution >= 4 is 17.5 Å². The van der Waals surface area contributed by atoms with Crippen molar-refractivity contribution in [2.24, 2.45) is 5.92 Å². The molecule has 0 aliphatic carbocycles. The van der Waals surface area contributed by atoms with Gasteiger partial charge >= 0.3 is 6.09 Å². The number of benzene rings is 3. The molecule has 3 aromatic rings. The van der Waals surface area contributed by atoms with Gasteiger partial charge in [0.05, 0.1) is 6.61 Å². The van der Waals surface area contributed by atoms with Crippen molar-refractivity contribution in [1.82, 2.24) is 0 Å². The van der Waals surface area contributed by atoms with Crippen LogP contribution >= 0.6 is 0 Å². The van der Waals surface area contributed by atoms with E-state index in [-0.39, 0.29) is 6.09 Å². The first-order valence-electron chi connectivity index (χ1n) is 12.1. The molecule has 1 amide bonds. The van der Waals surface area contributed by atoms with E-state index in [2.05, 4.69) is 83.0 Å². The number of hydrogen-bond donors (Lipinski definition) is 1. The van der Waals surface area contributed by atoms with E-state index in [1.807, 2.05) is 13.8 Å². The lowest BCUT2D eigenvalue weighted by atomic mass is 9.76. The Kier molecular flexibility index (Phi) is 6.08. The molecule has 0 saturated heterocycles. The number of anilines is 2. The lowest BCUT2D eigenvalue weighted by Gasteiger charge is -2.43. The number of ether oxygens (including phenoxy) is 1. The summed E-state index contributed by atoms with van der Waals surface area (Å²) in [6.07, 6.45) is 1.77. The summed E-state index contributed by atoms with van der Waals surface area (Å²) in [4.78, 5) is 15.1. The molecule has 4 nitrogen and oxygen atoms in total. The Bertz CT molecular complexity index is 1040. The van der Waals surface area contributed by atoms with Crippen LogP contribution in [-0.2, 0) is 4.74 Å². The molecule has 4 heteroatoms. The first kappa shape index (κ1) is 21.6. The highest BCUT2D eigenvalue weighted by Crippen LogP contribution is 2.49. The van der Waals surface area contributed by atoms with Crippen LogP contribution in [0, 0.1) is 5.92 Å². The average molecular weight is 441 g/mol. The number of amides is 1. The fraction of sp³-hybridized carbons (Fsp3) is 0.345. The second-order valence-electron chi connectivity index (χ2n) is 9.61. The van der Waals surface area contributed by atoms with Crippen LogP contribution in [-0.4, -0.2) is 25.8 Å². The SMILES string of the molecule is CC(C)COC(=O)Nc1cc2c3c(c1)C(c1ccccc1)CCN3CCC2c1ccccc1. The van der Waals surface area contributed by atoms with E-state index in [9.17, 15) is 4.79 Å². The van der Waals surface area contributed by atoms with Gasteiger partial charge in [-0.25, -0.2) is 4.79 Å². The Labute approximate surface area is 196 Å². The minimum absolute atomic E-state index is 0.305. The van der Waals surface area contributed by atoms with Crippen LogP contribution in [0.3, 0.4) is 0 Å². The van der Waals surface area contributed by atoms with Gasteiger partial charge in [-0.1, -0.05) is 74.5 Å². The summed E-state index contributed by atoms with van der Waals surface area (Å²) in [6.45, 7) is 6.62. The van der Waals surface area contributed by atoms with E-state index in [4.69, 9.17) is 4.74 Å². The van der Waals surface area contributed by atoms with E-state index >= 15 is 0 Å². The van der Waals surface area contributed by atoms with Gasteiger partial charge in [0.15, 0.2) is 0 Å². The van der Waals surface area contributed by atoms with E-state index in [1.165, 1.54) is 27.9 Å². The summed E-state index contributed by atoms with van der Waals surface area (Å²) in [6, 6.07) is 25.9. The zero-order valence-corrected chi connectivity index (χ0v) is 19.5. The summed E-state index contributed by atoms with van der Waals surface area (Å²) >= 11 is 0. The second kappa shape index (κ2) is 9.30. The smallest absolute Gasteiger partial charge is 0.411 e. The molecule has 170 valence electrons. The number of nitrogens with one attached hydrogen (secondary N) is 1. The second-order valence-corrected chi connectivity index (χ2v) is 9.61. The molecular formula is C29H32N2O2. The fourth-order valence-corrected chi connectivity index (χ4v) is 5.32. The molecule has 0 radical (unpaired) electrons. The van der Waals surface area contributed by atoms with Gasteiger partial charge < -0.3 is 9.64 Å². The molecular weight excluding hydrogens is 408 g/mol. The van der Waals surface area contributed by atoms with Gasteiger partial charge in [-0.05, 0) is 53.1 Å². The van der Waals surface area contributed by atoms with Crippen LogP contribution in [0.25, 0.3) is 0 Å². The zero-order valence-electron chi connectivity index (χ0n) is 19.5. The number of carbonyl (C=O) groups excluding carboxylic acids is 1. The van der Waals surface area contributed by atoms with Crippen molar-refractivity contribution in [1.29, 1.82) is 0 Å². The largest absolute Gasteiger partial charge is 0.449 e. The highest BCUT2D eigenvalue weighted by Gasteiger charge is 2.35. The molecule has 5 rings (SSSR count). The van der Waals surface area contributed by atoms with Crippen LogP contribution in [0.15, 0.2) is 72.8 Å². The Balaban J connectivity index is 1.59. The highest BCUT2D eigenvalue weighted by molar-refractivity contribution is 5.86. The molecule has 0 bridgehead atoms. The van der Waals surface area contributed by atoms with Crippen LogP contribution in [0.2, 0.25) is 0 Å². The van der Waals surface area contributed by atoms with Gasteiger partial charge in [-0.2, -0.15) is 0 Å². The number of carbonyl (C=O) groups is 1. The van der Waals surface area contributed by atoms with Crippen molar-refractivity contribution in [3.8, 4) is 0 Å². The number of hydrogen-bond acceptors (Lipinski definition) is 3. The molecule has 33 heavy (non-hydrogen) atoms. The zero-order chi connectivity index (χ0) is 22.8. The molecule has 0 spiro atoms. The topological polar surface area (TPSA) is 41.6 Å². The van der Waals surface area contributed by atoms with Gasteiger partial charge in [-0.3, -0.25) is 5.32 Å². The molecule has 2 aliphatic heterocycles. The van der Waals surface area contributed by atoms with Crippen molar-refractivity contribution in [2.75, 3.05) is 29.9 Å². The van der Waals surface area contributed by atoms with Crippen molar-refractivity contribution in [3.05, 3.63) is 95.1 Å². The molecule has 0 fully saturated rings. The molecule has 2 aliphatic rings. The first-order chi connectivity index (χ1) is 16.1. The third-order valence-electron chi connectivity index (χ3n) is 6.81. The summed E-state index contributed by atoms with van der Waals surface area (Å²) in [5.74, 6) is 0.942. The quantitative estimate of drug-likeness (QED) is 0.476. The van der Waals surface area contributed by atoms with Gasteiger partial charge in [-0.15, -0.1) is 0 Å². The number of nitrogens with zero attached hydrogens (tertiary/aromatic N) is 1. The summed E-state index contributed by atoms with van der Waals surface area (Å²) in [5, 5.41) is 3.03. The Hall–Kier alpha value is -3.27. The fourth-order valence-electron chi connectivity index (χ4n) is 5.32. The number of rotatable bonds is 5. The maximum Gasteiger partial charge on any atom is 0.411 e. The standard InChI is InChI=1S/C29H32N2O2/c1-20(2)19-33-29(32)30-23-17-26-24(21-9-5-3-6-10-21)13-15-31-16-14-25(27(18-23)28(26)31)22-11-7-4-8-12-22/h3-12,17-18,20,24-25H,13-16,19H2,1-2H3,(H,30,32). The van der Waals surface area contributed by atoms with Crippen molar-refractivity contribution in [3.63, 3.8) is 0 Å². The van der Waals surface area contributed by atoms with Gasteiger partial charge in [0.2, 0.25) is 0 Å². The maximum atomic E-state index is 12.5. The summed E-state index contributed by atoms with van der Waals surface area (Å²) in [7, 11) is 0. The Morgan fingerprint density at radius 3 is 1.91 bits per heavy atom. The van der Waals surface area contributed by atoms with Crippen LogP contribution in [0.5, 0.6) is 0 Å². The minimum atomic E-state index is -0.383. The maximum absolute atomic E-state index is 12.5. The average Bonchev–Trinajstić information content (AvgIpc) is 2.84. The molecule has 2 heterocycles. The lowest BCUT2D eigenvalue weighted by Crippen LogP contribution is -2.37. The van der Waals surface area contributed by atoms with Crippen molar-refractivity contribution < 1.29 is 9.53 Å². The molecule has 2 unspecified atom stereocenters. The predicted octanol–water partition coefficient (Wildman–Crippen LogP) is 6.77. The normalized spacial score (nSPS) is 19.2. The van der Waals surface area contributed by atoms with E-state index in [1.54, 1.807) is 0 Å². The van der Waals surface area contributed by atoms with Crippen LogP contribution in [0.1, 0.15) is 60.8 Å². The molecule has 1 N–H and O–H groups in total. The van der Waals surface area contributed by atoms with Crippen LogP contribution < -0.4 is 10.2 Å². The monoisotopic (exact) mass is 440 g/mol. The molecule has 3 aromatic carbocycles. The summed E-state index contributed by atoms with van der Waals surface area (Å²) < 4.78 is 5.42.